The Labute approximate surface area is 128 Å². The molecule has 1 aromatic heterocycles. The molecule has 22 heavy (non-hydrogen) atoms. The minimum atomic E-state index is -0.512. The van der Waals surface area contributed by atoms with Crippen LogP contribution in [0.5, 0.6) is 0 Å². The molecule has 0 aliphatic heterocycles. The van der Waals surface area contributed by atoms with E-state index in [1.807, 2.05) is 54.6 Å². The van der Waals surface area contributed by atoms with Crippen LogP contribution in [-0.2, 0) is 11.3 Å². The van der Waals surface area contributed by atoms with Gasteiger partial charge in [-0.3, -0.25) is 5.32 Å². The predicted octanol–water partition coefficient (Wildman–Crippen LogP) is 4.70. The number of hydrogen-bond donors (Lipinski definition) is 1. The highest BCUT2D eigenvalue weighted by atomic mass is 16.6. The molecule has 1 amide bonds. The van der Waals surface area contributed by atoms with Crippen LogP contribution in [0.3, 0.4) is 0 Å². The van der Waals surface area contributed by atoms with Crippen molar-refractivity contribution in [2.45, 2.75) is 6.61 Å². The van der Waals surface area contributed by atoms with E-state index in [0.29, 0.717) is 11.4 Å². The van der Waals surface area contributed by atoms with Crippen LogP contribution in [0.15, 0.2) is 77.4 Å². The van der Waals surface area contributed by atoms with Crippen LogP contribution < -0.4 is 5.32 Å². The average molecular weight is 293 g/mol. The molecule has 0 bridgehead atoms. The summed E-state index contributed by atoms with van der Waals surface area (Å²) >= 11 is 0. The third-order valence-electron chi connectivity index (χ3n) is 3.14. The summed E-state index contributed by atoms with van der Waals surface area (Å²) in [5.41, 5.74) is 2.81. The number of furan rings is 1. The van der Waals surface area contributed by atoms with E-state index in [9.17, 15) is 4.79 Å². The van der Waals surface area contributed by atoms with Crippen LogP contribution >= 0.6 is 0 Å². The molecule has 0 spiro atoms. The fourth-order valence-electron chi connectivity index (χ4n) is 2.09. The second-order valence-corrected chi connectivity index (χ2v) is 4.73. The molecule has 0 unspecified atom stereocenters. The molecule has 3 aromatic rings. The number of carbonyl (C=O) groups excluding carboxylic acids is 1. The Morgan fingerprint density at radius 2 is 1.77 bits per heavy atom. The summed E-state index contributed by atoms with van der Waals surface area (Å²) in [6, 6.07) is 21.1. The van der Waals surface area contributed by atoms with Gasteiger partial charge in [-0.05, 0) is 35.4 Å². The van der Waals surface area contributed by atoms with Gasteiger partial charge >= 0.3 is 6.09 Å². The van der Waals surface area contributed by atoms with E-state index in [1.54, 1.807) is 18.4 Å². The molecule has 0 aliphatic carbocycles. The summed E-state index contributed by atoms with van der Waals surface area (Å²) in [5, 5.41) is 2.71. The van der Waals surface area contributed by atoms with Gasteiger partial charge in [-0.25, -0.2) is 4.79 Å². The highest BCUT2D eigenvalue weighted by Gasteiger charge is 2.06. The average Bonchev–Trinajstić information content (AvgIpc) is 3.08. The van der Waals surface area contributed by atoms with Gasteiger partial charge in [0.1, 0.15) is 5.76 Å². The first-order valence-corrected chi connectivity index (χ1v) is 6.93. The Balaban J connectivity index is 1.64. The minimum absolute atomic E-state index is 0.108. The molecule has 3 rings (SSSR count). The monoisotopic (exact) mass is 293 g/mol. The van der Waals surface area contributed by atoms with E-state index >= 15 is 0 Å². The van der Waals surface area contributed by atoms with Crippen molar-refractivity contribution < 1.29 is 13.9 Å². The Morgan fingerprint density at radius 3 is 2.55 bits per heavy atom. The van der Waals surface area contributed by atoms with E-state index in [-0.39, 0.29) is 6.61 Å². The lowest BCUT2D eigenvalue weighted by Gasteiger charge is -2.08. The zero-order chi connectivity index (χ0) is 15.2. The molecule has 0 radical (unpaired) electrons. The third-order valence-corrected chi connectivity index (χ3v) is 3.14. The van der Waals surface area contributed by atoms with Crippen molar-refractivity contribution in [3.05, 3.63) is 78.8 Å². The third kappa shape index (κ3) is 3.55. The van der Waals surface area contributed by atoms with Gasteiger partial charge in [0.05, 0.1) is 6.26 Å². The highest BCUT2D eigenvalue weighted by Crippen LogP contribution is 2.22. The number of rotatable bonds is 4. The molecule has 4 nitrogen and oxygen atoms in total. The lowest BCUT2D eigenvalue weighted by molar-refractivity contribution is 0.146. The molecule has 0 atom stereocenters. The molecule has 0 saturated heterocycles. The Morgan fingerprint density at radius 1 is 0.955 bits per heavy atom. The molecule has 4 heteroatoms. The van der Waals surface area contributed by atoms with Crippen LogP contribution in [0.4, 0.5) is 10.5 Å². The van der Waals surface area contributed by atoms with Gasteiger partial charge in [0.15, 0.2) is 6.61 Å². The maximum atomic E-state index is 11.8. The minimum Gasteiger partial charge on any atom is -0.466 e. The van der Waals surface area contributed by atoms with E-state index in [2.05, 4.69) is 5.32 Å². The maximum absolute atomic E-state index is 11.8. The van der Waals surface area contributed by atoms with E-state index in [4.69, 9.17) is 9.15 Å². The van der Waals surface area contributed by atoms with Crippen molar-refractivity contribution in [2.24, 2.45) is 0 Å². The first-order chi connectivity index (χ1) is 10.8. The topological polar surface area (TPSA) is 51.5 Å². The lowest BCUT2D eigenvalue weighted by Crippen LogP contribution is -2.13. The molecule has 1 heterocycles. The van der Waals surface area contributed by atoms with Crippen LogP contribution in [0, 0.1) is 0 Å². The first-order valence-electron chi connectivity index (χ1n) is 6.93. The van der Waals surface area contributed by atoms with Gasteiger partial charge in [-0.1, -0.05) is 42.5 Å². The molecule has 110 valence electrons. The zero-order valence-electron chi connectivity index (χ0n) is 11.9. The van der Waals surface area contributed by atoms with Crippen molar-refractivity contribution in [1.82, 2.24) is 0 Å². The largest absolute Gasteiger partial charge is 0.466 e. The van der Waals surface area contributed by atoms with E-state index < -0.39 is 6.09 Å². The summed E-state index contributed by atoms with van der Waals surface area (Å²) < 4.78 is 10.2. The summed E-state index contributed by atoms with van der Waals surface area (Å²) in [4.78, 5) is 11.8. The maximum Gasteiger partial charge on any atom is 0.412 e. The standard InChI is InChI=1S/C18H15NO3/c20-18(22-13-17-10-5-11-21-17)19-16-9-4-8-15(12-16)14-6-2-1-3-7-14/h1-12H,13H2,(H,19,20). The Hall–Kier alpha value is -3.01. The van der Waals surface area contributed by atoms with Gasteiger partial charge in [0, 0.05) is 5.69 Å². The molecule has 0 aliphatic rings. The summed E-state index contributed by atoms with van der Waals surface area (Å²) in [7, 11) is 0. The predicted molar refractivity (Wildman–Crippen MR) is 84.4 cm³/mol. The van der Waals surface area contributed by atoms with Gasteiger partial charge in [0.2, 0.25) is 0 Å². The lowest BCUT2D eigenvalue weighted by atomic mass is 10.1. The van der Waals surface area contributed by atoms with Gasteiger partial charge in [-0.15, -0.1) is 0 Å². The number of nitrogens with one attached hydrogen (secondary N) is 1. The highest BCUT2D eigenvalue weighted by molar-refractivity contribution is 5.85. The second kappa shape index (κ2) is 6.63. The van der Waals surface area contributed by atoms with Crippen molar-refractivity contribution in [3.63, 3.8) is 0 Å². The molecule has 2 aromatic carbocycles. The Kier molecular flexibility index (Phi) is 4.20. The number of benzene rings is 2. The fourth-order valence-corrected chi connectivity index (χ4v) is 2.09. The number of ether oxygens (including phenoxy) is 1. The van der Waals surface area contributed by atoms with Crippen molar-refractivity contribution in [1.29, 1.82) is 0 Å². The SMILES string of the molecule is O=C(Nc1cccc(-c2ccccc2)c1)OCc1ccco1. The second-order valence-electron chi connectivity index (χ2n) is 4.73. The zero-order valence-corrected chi connectivity index (χ0v) is 11.9. The molecular weight excluding hydrogens is 278 g/mol. The number of amides is 1. The van der Waals surface area contributed by atoms with E-state index in [1.165, 1.54) is 0 Å². The molecular formula is C18H15NO3. The quantitative estimate of drug-likeness (QED) is 0.758. The van der Waals surface area contributed by atoms with Crippen LogP contribution in [0.25, 0.3) is 11.1 Å². The summed E-state index contributed by atoms with van der Waals surface area (Å²) in [6.45, 7) is 0.108. The van der Waals surface area contributed by atoms with E-state index in [0.717, 1.165) is 11.1 Å². The molecule has 0 saturated carbocycles. The molecule has 0 fully saturated rings. The van der Waals surface area contributed by atoms with Crippen molar-refractivity contribution in [3.8, 4) is 11.1 Å². The van der Waals surface area contributed by atoms with Gasteiger partial charge in [-0.2, -0.15) is 0 Å². The van der Waals surface area contributed by atoms with Crippen LogP contribution in [-0.4, -0.2) is 6.09 Å². The summed E-state index contributed by atoms with van der Waals surface area (Å²) in [5.74, 6) is 0.605. The Bertz CT molecular complexity index is 736. The normalized spacial score (nSPS) is 10.2. The molecule has 1 N–H and O–H groups in total. The van der Waals surface area contributed by atoms with Gasteiger partial charge in [0.25, 0.3) is 0 Å². The number of carbonyl (C=O) groups is 1. The van der Waals surface area contributed by atoms with Crippen molar-refractivity contribution >= 4 is 11.8 Å². The fraction of sp³-hybridized carbons (Fsp3) is 0.0556. The van der Waals surface area contributed by atoms with Gasteiger partial charge < -0.3 is 9.15 Å². The number of hydrogen-bond acceptors (Lipinski definition) is 3. The first kappa shape index (κ1) is 13.9. The van der Waals surface area contributed by atoms with Crippen LogP contribution in [0.1, 0.15) is 5.76 Å². The summed E-state index contributed by atoms with van der Waals surface area (Å²) in [6.07, 6.45) is 1.03. The number of anilines is 1. The smallest absolute Gasteiger partial charge is 0.412 e. The van der Waals surface area contributed by atoms with Crippen molar-refractivity contribution in [2.75, 3.05) is 5.32 Å². The van der Waals surface area contributed by atoms with Crippen LogP contribution in [0.2, 0.25) is 0 Å².